The number of Topliss-reactive ketones (excluding diaryl/α,β-unsaturated/α-hetero) is 1. The van der Waals surface area contributed by atoms with Crippen LogP contribution in [0.3, 0.4) is 0 Å². The van der Waals surface area contributed by atoms with Crippen molar-refractivity contribution in [2.75, 3.05) is 39.5 Å². The molecule has 0 saturated carbocycles. The van der Waals surface area contributed by atoms with E-state index >= 15 is 0 Å². The van der Waals surface area contributed by atoms with Crippen LogP contribution in [-0.4, -0.2) is 55.2 Å². The van der Waals surface area contributed by atoms with Gasteiger partial charge in [-0.25, -0.2) is 0 Å². The summed E-state index contributed by atoms with van der Waals surface area (Å²) in [6.07, 6.45) is 0.882. The molecule has 0 spiro atoms. The molecule has 1 saturated heterocycles. The Balaban J connectivity index is 1.82. The zero-order chi connectivity index (χ0) is 14.4. The van der Waals surface area contributed by atoms with E-state index < -0.39 is 0 Å². The SMILES string of the molecule is CC(=O)c1c(O)cccc1OCCCN1CCOCC1. The quantitative estimate of drug-likeness (QED) is 0.634. The normalized spacial score (nSPS) is 16.1. The lowest BCUT2D eigenvalue weighted by Gasteiger charge is -2.26. The molecule has 110 valence electrons. The van der Waals surface area contributed by atoms with E-state index in [2.05, 4.69) is 4.90 Å². The van der Waals surface area contributed by atoms with Gasteiger partial charge in [-0.15, -0.1) is 0 Å². The largest absolute Gasteiger partial charge is 0.507 e. The van der Waals surface area contributed by atoms with Crippen LogP contribution < -0.4 is 4.74 Å². The molecule has 1 N–H and O–H groups in total. The number of benzene rings is 1. The molecule has 5 heteroatoms. The van der Waals surface area contributed by atoms with Gasteiger partial charge in [-0.2, -0.15) is 0 Å². The Morgan fingerprint density at radius 2 is 2.15 bits per heavy atom. The minimum atomic E-state index is -0.189. The van der Waals surface area contributed by atoms with E-state index in [1.54, 1.807) is 12.1 Å². The smallest absolute Gasteiger partial charge is 0.167 e. The van der Waals surface area contributed by atoms with Gasteiger partial charge < -0.3 is 14.6 Å². The molecule has 0 radical (unpaired) electrons. The second-order valence-electron chi connectivity index (χ2n) is 4.86. The van der Waals surface area contributed by atoms with E-state index in [0.717, 1.165) is 39.3 Å². The lowest BCUT2D eigenvalue weighted by Crippen LogP contribution is -2.37. The number of nitrogens with zero attached hydrogens (tertiary/aromatic N) is 1. The van der Waals surface area contributed by atoms with E-state index in [-0.39, 0.29) is 17.1 Å². The third-order valence-electron chi connectivity index (χ3n) is 3.34. The fourth-order valence-corrected chi connectivity index (χ4v) is 2.29. The van der Waals surface area contributed by atoms with Crippen molar-refractivity contribution in [3.05, 3.63) is 23.8 Å². The van der Waals surface area contributed by atoms with Crippen molar-refractivity contribution in [3.63, 3.8) is 0 Å². The average molecular weight is 279 g/mol. The van der Waals surface area contributed by atoms with Gasteiger partial charge in [0.15, 0.2) is 5.78 Å². The molecule has 1 aromatic rings. The molecule has 0 amide bonds. The average Bonchev–Trinajstić information content (AvgIpc) is 2.44. The molecular weight excluding hydrogens is 258 g/mol. The molecule has 0 aromatic heterocycles. The number of carbonyl (C=O) groups excluding carboxylic acids is 1. The fourth-order valence-electron chi connectivity index (χ4n) is 2.29. The third-order valence-corrected chi connectivity index (χ3v) is 3.34. The Kier molecular flexibility index (Phi) is 5.38. The maximum absolute atomic E-state index is 11.5. The maximum Gasteiger partial charge on any atom is 0.167 e. The lowest BCUT2D eigenvalue weighted by atomic mass is 10.1. The number of morpholine rings is 1. The molecular formula is C15H21NO4. The van der Waals surface area contributed by atoms with Crippen LogP contribution in [0.1, 0.15) is 23.7 Å². The van der Waals surface area contributed by atoms with Crippen LogP contribution in [0.15, 0.2) is 18.2 Å². The number of hydrogen-bond acceptors (Lipinski definition) is 5. The van der Waals surface area contributed by atoms with Crippen LogP contribution >= 0.6 is 0 Å². The van der Waals surface area contributed by atoms with E-state index in [0.29, 0.717) is 12.4 Å². The summed E-state index contributed by atoms with van der Waals surface area (Å²) in [5.74, 6) is 0.244. The molecule has 1 fully saturated rings. The lowest BCUT2D eigenvalue weighted by molar-refractivity contribution is 0.0357. The first kappa shape index (κ1) is 14.8. The summed E-state index contributed by atoms with van der Waals surface area (Å²) in [7, 11) is 0. The van der Waals surface area contributed by atoms with Crippen molar-refractivity contribution >= 4 is 5.78 Å². The van der Waals surface area contributed by atoms with Crippen molar-refractivity contribution in [2.24, 2.45) is 0 Å². The number of rotatable bonds is 6. The van der Waals surface area contributed by atoms with Crippen molar-refractivity contribution in [1.82, 2.24) is 4.90 Å². The Hall–Kier alpha value is -1.59. The van der Waals surface area contributed by atoms with Crippen LogP contribution in [0.25, 0.3) is 0 Å². The van der Waals surface area contributed by atoms with Gasteiger partial charge in [0.25, 0.3) is 0 Å². The summed E-state index contributed by atoms with van der Waals surface area (Å²) in [5.41, 5.74) is 0.263. The number of carbonyl (C=O) groups is 1. The molecule has 0 unspecified atom stereocenters. The van der Waals surface area contributed by atoms with Gasteiger partial charge in [-0.1, -0.05) is 6.07 Å². The Labute approximate surface area is 119 Å². The highest BCUT2D eigenvalue weighted by Gasteiger charge is 2.14. The van der Waals surface area contributed by atoms with Gasteiger partial charge in [-0.05, 0) is 25.5 Å². The van der Waals surface area contributed by atoms with E-state index in [4.69, 9.17) is 9.47 Å². The number of ketones is 1. The zero-order valence-electron chi connectivity index (χ0n) is 11.8. The molecule has 0 atom stereocenters. The topological polar surface area (TPSA) is 59.0 Å². The van der Waals surface area contributed by atoms with Crippen LogP contribution in [-0.2, 0) is 4.74 Å². The minimum Gasteiger partial charge on any atom is -0.507 e. The van der Waals surface area contributed by atoms with Gasteiger partial charge in [0.1, 0.15) is 17.1 Å². The summed E-state index contributed by atoms with van der Waals surface area (Å²) >= 11 is 0. The van der Waals surface area contributed by atoms with E-state index in [1.807, 2.05) is 0 Å². The predicted octanol–water partition coefficient (Wildman–Crippen LogP) is 1.70. The molecule has 0 aliphatic carbocycles. The summed E-state index contributed by atoms with van der Waals surface area (Å²) in [6, 6.07) is 4.89. The molecule has 1 heterocycles. The number of aromatic hydroxyl groups is 1. The van der Waals surface area contributed by atoms with E-state index in [9.17, 15) is 9.90 Å². The van der Waals surface area contributed by atoms with Crippen molar-refractivity contribution in [3.8, 4) is 11.5 Å². The summed E-state index contributed by atoms with van der Waals surface area (Å²) in [5, 5.41) is 9.70. The van der Waals surface area contributed by atoms with Gasteiger partial charge >= 0.3 is 0 Å². The standard InChI is InChI=1S/C15H21NO4/c1-12(17)15-13(18)4-2-5-14(15)20-9-3-6-16-7-10-19-11-8-16/h2,4-5,18H,3,6-11H2,1H3. The minimum absolute atomic E-state index is 0.0248. The van der Waals surface area contributed by atoms with Crippen molar-refractivity contribution < 1.29 is 19.4 Å². The molecule has 2 rings (SSSR count). The molecule has 5 nitrogen and oxygen atoms in total. The van der Waals surface area contributed by atoms with E-state index in [1.165, 1.54) is 13.0 Å². The number of phenols is 1. The Morgan fingerprint density at radius 1 is 1.40 bits per heavy atom. The van der Waals surface area contributed by atoms with Crippen LogP contribution in [0.4, 0.5) is 0 Å². The maximum atomic E-state index is 11.5. The molecule has 0 bridgehead atoms. The zero-order valence-corrected chi connectivity index (χ0v) is 11.8. The Morgan fingerprint density at radius 3 is 2.85 bits per heavy atom. The third kappa shape index (κ3) is 3.95. The monoisotopic (exact) mass is 279 g/mol. The predicted molar refractivity (Wildman–Crippen MR) is 75.5 cm³/mol. The highest BCUT2D eigenvalue weighted by Crippen LogP contribution is 2.27. The second kappa shape index (κ2) is 7.26. The first-order valence-corrected chi connectivity index (χ1v) is 6.94. The first-order valence-electron chi connectivity index (χ1n) is 6.94. The van der Waals surface area contributed by atoms with Crippen molar-refractivity contribution in [1.29, 1.82) is 0 Å². The fraction of sp³-hybridized carbons (Fsp3) is 0.533. The molecule has 1 aromatic carbocycles. The van der Waals surface area contributed by atoms with Crippen molar-refractivity contribution in [2.45, 2.75) is 13.3 Å². The molecule has 1 aliphatic heterocycles. The van der Waals surface area contributed by atoms with Gasteiger partial charge in [0.2, 0.25) is 0 Å². The summed E-state index contributed by atoms with van der Waals surface area (Å²) in [6.45, 7) is 6.42. The number of phenolic OH excluding ortho intramolecular Hbond substituents is 1. The van der Waals surface area contributed by atoms with Gasteiger partial charge in [-0.3, -0.25) is 9.69 Å². The van der Waals surface area contributed by atoms with Crippen LogP contribution in [0.5, 0.6) is 11.5 Å². The van der Waals surface area contributed by atoms with Gasteiger partial charge in [0, 0.05) is 19.6 Å². The second-order valence-corrected chi connectivity index (χ2v) is 4.86. The molecule has 1 aliphatic rings. The first-order chi connectivity index (χ1) is 9.68. The van der Waals surface area contributed by atoms with Gasteiger partial charge in [0.05, 0.1) is 19.8 Å². The molecule has 20 heavy (non-hydrogen) atoms. The highest BCUT2D eigenvalue weighted by atomic mass is 16.5. The summed E-state index contributed by atoms with van der Waals surface area (Å²) in [4.78, 5) is 13.8. The highest BCUT2D eigenvalue weighted by molar-refractivity contribution is 5.99. The van der Waals surface area contributed by atoms with Crippen LogP contribution in [0.2, 0.25) is 0 Å². The number of ether oxygens (including phenoxy) is 2. The van der Waals surface area contributed by atoms with Crippen LogP contribution in [0, 0.1) is 0 Å². The number of hydrogen-bond donors (Lipinski definition) is 1. The summed E-state index contributed by atoms with van der Waals surface area (Å²) < 4.78 is 10.9. The Bertz CT molecular complexity index is 455.